The number of benzene rings is 7. The van der Waals surface area contributed by atoms with Crippen LogP contribution in [0.1, 0.15) is 31.9 Å². The van der Waals surface area contributed by atoms with Crippen molar-refractivity contribution in [3.8, 4) is 44.6 Å². The lowest BCUT2D eigenvalue weighted by Crippen LogP contribution is -2.10. The topological polar surface area (TPSA) is 4.93 Å². The van der Waals surface area contributed by atoms with E-state index in [1.165, 1.54) is 88.2 Å². The summed E-state index contributed by atoms with van der Waals surface area (Å²) in [6, 6.07) is 53.9. The number of nitrogens with zero attached hydrogens (tertiary/aromatic N) is 1. The van der Waals surface area contributed by atoms with Crippen LogP contribution in [0.3, 0.4) is 0 Å². The van der Waals surface area contributed by atoms with E-state index in [2.05, 4.69) is 185 Å². The van der Waals surface area contributed by atoms with Crippen LogP contribution in [0.2, 0.25) is 0 Å². The molecule has 0 amide bonds. The zero-order valence-electron chi connectivity index (χ0n) is 27.8. The molecule has 0 atom stereocenters. The average molecular weight is 606 g/mol. The molecule has 0 radical (unpaired) electrons. The van der Waals surface area contributed by atoms with Crippen LogP contribution < -0.4 is 0 Å². The van der Waals surface area contributed by atoms with Gasteiger partial charge in [-0.25, -0.2) is 0 Å². The van der Waals surface area contributed by atoms with Crippen molar-refractivity contribution in [3.63, 3.8) is 0 Å². The number of hydrogen-bond donors (Lipinski definition) is 0. The molecule has 0 unspecified atom stereocenters. The SMILES string of the molecule is Cc1ccc(-c2c(-c3ccccc3)n(C)c3cc(-c4c5ccccc5c(-c5ccccc5)c5ccc(C(C)(C)C)cc45)ccc23)cc1. The quantitative estimate of drug-likeness (QED) is 0.176. The molecule has 47 heavy (non-hydrogen) atoms. The van der Waals surface area contributed by atoms with Gasteiger partial charge in [-0.3, -0.25) is 0 Å². The number of aromatic nitrogens is 1. The van der Waals surface area contributed by atoms with Gasteiger partial charge in [0.2, 0.25) is 0 Å². The van der Waals surface area contributed by atoms with Gasteiger partial charge < -0.3 is 4.57 Å². The summed E-state index contributed by atoms with van der Waals surface area (Å²) in [6.45, 7) is 9.07. The van der Waals surface area contributed by atoms with Crippen LogP contribution in [0, 0.1) is 6.92 Å². The van der Waals surface area contributed by atoms with Crippen LogP contribution in [0.4, 0.5) is 0 Å². The van der Waals surface area contributed by atoms with E-state index in [-0.39, 0.29) is 5.41 Å². The van der Waals surface area contributed by atoms with Crippen molar-refractivity contribution in [2.45, 2.75) is 33.1 Å². The third-order valence-electron chi connectivity index (χ3n) is 9.83. The van der Waals surface area contributed by atoms with Crippen molar-refractivity contribution < 1.29 is 0 Å². The first-order valence-electron chi connectivity index (χ1n) is 16.6. The van der Waals surface area contributed by atoms with E-state index in [0.717, 1.165) is 0 Å². The summed E-state index contributed by atoms with van der Waals surface area (Å²) in [5.41, 5.74) is 13.9. The molecular weight excluding hydrogens is 567 g/mol. The monoisotopic (exact) mass is 605 g/mol. The largest absolute Gasteiger partial charge is 0.343 e. The standard InChI is InChI=1S/C46H39N/c1-30-20-22-32(23-21-30)44-39-26-24-34(28-41(39)47(5)45(44)33-16-10-7-11-17-33)43-37-19-13-12-18-36(37)42(31-14-8-6-9-15-31)38-27-25-35(29-40(38)43)46(2,3)4/h6-29H,1-5H3. The van der Waals surface area contributed by atoms with Crippen LogP contribution in [0.5, 0.6) is 0 Å². The lowest BCUT2D eigenvalue weighted by atomic mass is 9.81. The predicted molar refractivity (Wildman–Crippen MR) is 203 cm³/mol. The summed E-state index contributed by atoms with van der Waals surface area (Å²) in [5, 5.41) is 6.41. The maximum Gasteiger partial charge on any atom is 0.0568 e. The van der Waals surface area contributed by atoms with Gasteiger partial charge >= 0.3 is 0 Å². The van der Waals surface area contributed by atoms with Gasteiger partial charge in [-0.2, -0.15) is 0 Å². The van der Waals surface area contributed by atoms with E-state index in [9.17, 15) is 0 Å². The van der Waals surface area contributed by atoms with Crippen LogP contribution in [0.25, 0.3) is 77.1 Å². The minimum absolute atomic E-state index is 0.0274. The fraction of sp³-hybridized carbons (Fsp3) is 0.130. The molecule has 0 N–H and O–H groups in total. The van der Waals surface area contributed by atoms with Crippen LogP contribution >= 0.6 is 0 Å². The zero-order chi connectivity index (χ0) is 32.3. The first kappa shape index (κ1) is 29.0. The second-order valence-corrected chi connectivity index (χ2v) is 13.9. The molecule has 1 heterocycles. The molecule has 0 saturated heterocycles. The third kappa shape index (κ3) is 4.86. The summed E-state index contributed by atoms with van der Waals surface area (Å²) in [6.07, 6.45) is 0. The molecule has 7 aromatic carbocycles. The van der Waals surface area contributed by atoms with Crippen molar-refractivity contribution in [1.29, 1.82) is 0 Å². The Hall–Kier alpha value is -5.40. The van der Waals surface area contributed by atoms with E-state index >= 15 is 0 Å². The zero-order valence-corrected chi connectivity index (χ0v) is 27.8. The molecule has 1 nitrogen and oxygen atoms in total. The molecule has 0 aliphatic heterocycles. The normalized spacial score (nSPS) is 11.9. The molecular formula is C46H39N. The molecule has 0 spiro atoms. The smallest absolute Gasteiger partial charge is 0.0568 e. The molecule has 8 rings (SSSR count). The van der Waals surface area contributed by atoms with Crippen molar-refractivity contribution in [2.75, 3.05) is 0 Å². The Kier molecular flexibility index (Phi) is 6.88. The van der Waals surface area contributed by atoms with Crippen molar-refractivity contribution in [1.82, 2.24) is 4.57 Å². The lowest BCUT2D eigenvalue weighted by molar-refractivity contribution is 0.591. The van der Waals surface area contributed by atoms with Crippen LogP contribution in [-0.4, -0.2) is 4.57 Å². The number of rotatable bonds is 4. The fourth-order valence-electron chi connectivity index (χ4n) is 7.41. The van der Waals surface area contributed by atoms with Gasteiger partial charge in [0.15, 0.2) is 0 Å². The summed E-state index contributed by atoms with van der Waals surface area (Å²) in [4.78, 5) is 0. The van der Waals surface area contributed by atoms with Crippen LogP contribution in [0.15, 0.2) is 146 Å². The minimum atomic E-state index is 0.0274. The third-order valence-corrected chi connectivity index (χ3v) is 9.83. The number of fused-ring (bicyclic) bond motifs is 3. The summed E-state index contributed by atoms with van der Waals surface area (Å²) in [7, 11) is 2.22. The maximum absolute atomic E-state index is 2.45. The molecule has 1 heteroatoms. The second-order valence-electron chi connectivity index (χ2n) is 13.9. The highest BCUT2D eigenvalue weighted by molar-refractivity contribution is 6.22. The lowest BCUT2D eigenvalue weighted by Gasteiger charge is -2.23. The van der Waals surface area contributed by atoms with Gasteiger partial charge in [0.1, 0.15) is 0 Å². The highest BCUT2D eigenvalue weighted by Crippen LogP contribution is 2.47. The Balaban J connectivity index is 1.48. The Labute approximate surface area is 277 Å². The highest BCUT2D eigenvalue weighted by Gasteiger charge is 2.23. The number of hydrogen-bond acceptors (Lipinski definition) is 0. The van der Waals surface area contributed by atoms with Crippen LogP contribution in [-0.2, 0) is 12.5 Å². The Bertz CT molecular complexity index is 2420. The van der Waals surface area contributed by atoms with Crippen molar-refractivity contribution >= 4 is 32.4 Å². The predicted octanol–water partition coefficient (Wildman–Crippen LogP) is 12.8. The van der Waals surface area contributed by atoms with Gasteiger partial charge in [0.05, 0.1) is 5.69 Å². The van der Waals surface area contributed by atoms with Crippen molar-refractivity contribution in [2.24, 2.45) is 7.05 Å². The van der Waals surface area contributed by atoms with Gasteiger partial charge in [0, 0.05) is 23.5 Å². The first-order valence-corrected chi connectivity index (χ1v) is 16.6. The van der Waals surface area contributed by atoms with E-state index < -0.39 is 0 Å². The Morgan fingerprint density at radius 3 is 1.57 bits per heavy atom. The van der Waals surface area contributed by atoms with E-state index in [0.29, 0.717) is 0 Å². The maximum atomic E-state index is 2.45. The molecule has 228 valence electrons. The van der Waals surface area contributed by atoms with Gasteiger partial charge in [-0.1, -0.05) is 160 Å². The van der Waals surface area contributed by atoms with Gasteiger partial charge in [-0.05, 0) is 85.0 Å². The Morgan fingerprint density at radius 2 is 0.936 bits per heavy atom. The minimum Gasteiger partial charge on any atom is -0.343 e. The highest BCUT2D eigenvalue weighted by atomic mass is 15.0. The van der Waals surface area contributed by atoms with Gasteiger partial charge in [0.25, 0.3) is 0 Å². The molecule has 0 fully saturated rings. The average Bonchev–Trinajstić information content (AvgIpc) is 3.38. The first-order chi connectivity index (χ1) is 22.8. The molecule has 0 aliphatic carbocycles. The van der Waals surface area contributed by atoms with E-state index in [4.69, 9.17) is 0 Å². The number of aryl methyl sites for hydroxylation is 2. The molecule has 0 bridgehead atoms. The molecule has 1 aromatic heterocycles. The molecule has 0 saturated carbocycles. The van der Waals surface area contributed by atoms with Crippen molar-refractivity contribution in [3.05, 3.63) is 157 Å². The summed E-state index contributed by atoms with van der Waals surface area (Å²) >= 11 is 0. The molecule has 0 aliphatic rings. The fourth-order valence-corrected chi connectivity index (χ4v) is 7.41. The summed E-state index contributed by atoms with van der Waals surface area (Å²) in [5.74, 6) is 0. The van der Waals surface area contributed by atoms with E-state index in [1.54, 1.807) is 0 Å². The Morgan fingerprint density at radius 1 is 0.426 bits per heavy atom. The molecule has 8 aromatic rings. The van der Waals surface area contributed by atoms with Gasteiger partial charge in [-0.15, -0.1) is 0 Å². The second kappa shape index (κ2) is 11.1. The summed E-state index contributed by atoms with van der Waals surface area (Å²) < 4.78 is 2.40. The van der Waals surface area contributed by atoms with E-state index in [1.807, 2.05) is 0 Å².